The first-order valence-corrected chi connectivity index (χ1v) is 6.53. The first-order valence-electron chi connectivity index (χ1n) is 6.15. The SMILES string of the molecule is CC(C)NCCCn1ccc2cccc(Cl)c21. The minimum atomic E-state index is 0.556. The van der Waals surface area contributed by atoms with Gasteiger partial charge in [0.15, 0.2) is 0 Å². The predicted octanol–water partition coefficient (Wildman–Crippen LogP) is 3.68. The highest BCUT2D eigenvalue weighted by Gasteiger charge is 2.04. The van der Waals surface area contributed by atoms with Crippen LogP contribution < -0.4 is 5.32 Å². The van der Waals surface area contributed by atoms with E-state index in [-0.39, 0.29) is 0 Å². The lowest BCUT2D eigenvalue weighted by molar-refractivity contribution is 0.541. The number of hydrogen-bond donors (Lipinski definition) is 1. The van der Waals surface area contributed by atoms with Crippen molar-refractivity contribution < 1.29 is 0 Å². The fourth-order valence-corrected chi connectivity index (χ4v) is 2.33. The number of rotatable bonds is 5. The summed E-state index contributed by atoms with van der Waals surface area (Å²) in [5, 5.41) is 5.48. The molecule has 1 aromatic carbocycles. The molecule has 0 fully saturated rings. The molecule has 2 rings (SSSR count). The Morgan fingerprint density at radius 3 is 2.88 bits per heavy atom. The average molecular weight is 251 g/mol. The molecule has 0 saturated heterocycles. The lowest BCUT2D eigenvalue weighted by Gasteiger charge is -2.09. The molecule has 92 valence electrons. The van der Waals surface area contributed by atoms with Crippen LogP contribution in [0.5, 0.6) is 0 Å². The number of benzene rings is 1. The van der Waals surface area contributed by atoms with E-state index in [2.05, 4.69) is 42.1 Å². The summed E-state index contributed by atoms with van der Waals surface area (Å²) >= 11 is 6.23. The monoisotopic (exact) mass is 250 g/mol. The van der Waals surface area contributed by atoms with Crippen molar-refractivity contribution >= 4 is 22.5 Å². The van der Waals surface area contributed by atoms with Crippen molar-refractivity contribution in [2.45, 2.75) is 32.9 Å². The predicted molar refractivity (Wildman–Crippen MR) is 74.7 cm³/mol. The Balaban J connectivity index is 2.04. The summed E-state index contributed by atoms with van der Waals surface area (Å²) in [6.07, 6.45) is 3.24. The third kappa shape index (κ3) is 3.02. The van der Waals surface area contributed by atoms with E-state index in [4.69, 9.17) is 11.6 Å². The number of nitrogens with one attached hydrogen (secondary N) is 1. The smallest absolute Gasteiger partial charge is 0.0669 e. The van der Waals surface area contributed by atoms with Gasteiger partial charge in [-0.1, -0.05) is 37.6 Å². The van der Waals surface area contributed by atoms with Crippen LogP contribution in [0.15, 0.2) is 30.5 Å². The Morgan fingerprint density at radius 1 is 1.29 bits per heavy atom. The summed E-state index contributed by atoms with van der Waals surface area (Å²) in [4.78, 5) is 0. The Hall–Kier alpha value is -0.990. The molecule has 0 radical (unpaired) electrons. The normalized spacial score (nSPS) is 11.5. The number of fused-ring (bicyclic) bond motifs is 1. The molecule has 0 bridgehead atoms. The molecule has 0 spiro atoms. The van der Waals surface area contributed by atoms with Crippen molar-refractivity contribution in [1.29, 1.82) is 0 Å². The summed E-state index contributed by atoms with van der Waals surface area (Å²) in [7, 11) is 0. The molecule has 3 heteroatoms. The van der Waals surface area contributed by atoms with Crippen LogP contribution in [-0.4, -0.2) is 17.2 Å². The highest BCUT2D eigenvalue weighted by molar-refractivity contribution is 6.35. The van der Waals surface area contributed by atoms with Gasteiger partial charge in [0, 0.05) is 24.2 Å². The standard InChI is InChI=1S/C14H19ClN2/c1-11(2)16-8-4-9-17-10-7-12-5-3-6-13(15)14(12)17/h3,5-7,10-11,16H,4,8-9H2,1-2H3. The maximum absolute atomic E-state index is 6.23. The van der Waals surface area contributed by atoms with Gasteiger partial charge in [0.25, 0.3) is 0 Å². The average Bonchev–Trinajstić information content (AvgIpc) is 2.69. The Bertz CT molecular complexity index is 488. The molecular weight excluding hydrogens is 232 g/mol. The first-order chi connectivity index (χ1) is 8.18. The van der Waals surface area contributed by atoms with Gasteiger partial charge in [-0.05, 0) is 25.1 Å². The lowest BCUT2D eigenvalue weighted by atomic mass is 10.2. The van der Waals surface area contributed by atoms with Crippen LogP contribution in [0.2, 0.25) is 5.02 Å². The zero-order valence-corrected chi connectivity index (χ0v) is 11.2. The number of nitrogens with zero attached hydrogens (tertiary/aromatic N) is 1. The van der Waals surface area contributed by atoms with Crippen LogP contribution in [0.4, 0.5) is 0 Å². The molecule has 0 amide bonds. The Labute approximate surface area is 108 Å². The quantitative estimate of drug-likeness (QED) is 0.801. The fourth-order valence-electron chi connectivity index (χ4n) is 2.04. The van der Waals surface area contributed by atoms with Gasteiger partial charge in [0.05, 0.1) is 10.5 Å². The van der Waals surface area contributed by atoms with Gasteiger partial charge in [-0.2, -0.15) is 0 Å². The molecule has 1 heterocycles. The van der Waals surface area contributed by atoms with E-state index in [1.54, 1.807) is 0 Å². The maximum atomic E-state index is 6.23. The van der Waals surface area contributed by atoms with Gasteiger partial charge < -0.3 is 9.88 Å². The topological polar surface area (TPSA) is 17.0 Å². The maximum Gasteiger partial charge on any atom is 0.0669 e. The molecule has 0 saturated carbocycles. The third-order valence-electron chi connectivity index (χ3n) is 2.87. The first kappa shape index (κ1) is 12.5. The van der Waals surface area contributed by atoms with Crippen molar-refractivity contribution in [3.63, 3.8) is 0 Å². The minimum absolute atomic E-state index is 0.556. The van der Waals surface area contributed by atoms with Gasteiger partial charge >= 0.3 is 0 Å². The van der Waals surface area contributed by atoms with E-state index in [0.717, 1.165) is 30.0 Å². The van der Waals surface area contributed by atoms with Crippen LogP contribution in [-0.2, 0) is 6.54 Å². The Kier molecular flexibility index (Phi) is 4.08. The highest BCUT2D eigenvalue weighted by atomic mass is 35.5. The largest absolute Gasteiger partial charge is 0.346 e. The molecule has 0 atom stereocenters. The molecule has 17 heavy (non-hydrogen) atoms. The van der Waals surface area contributed by atoms with Crippen LogP contribution in [0.3, 0.4) is 0 Å². The second-order valence-corrected chi connectivity index (χ2v) is 5.06. The minimum Gasteiger partial charge on any atom is -0.346 e. The van der Waals surface area contributed by atoms with Gasteiger partial charge in [0.1, 0.15) is 0 Å². The highest BCUT2D eigenvalue weighted by Crippen LogP contribution is 2.24. The molecule has 0 unspecified atom stereocenters. The van der Waals surface area contributed by atoms with E-state index < -0.39 is 0 Å². The number of hydrogen-bond acceptors (Lipinski definition) is 1. The molecule has 2 aromatic rings. The van der Waals surface area contributed by atoms with Crippen LogP contribution >= 0.6 is 11.6 Å². The molecule has 0 aliphatic rings. The summed E-state index contributed by atoms with van der Waals surface area (Å²) < 4.78 is 2.24. The molecule has 2 nitrogen and oxygen atoms in total. The van der Waals surface area contributed by atoms with Crippen LogP contribution in [0, 0.1) is 0 Å². The van der Waals surface area contributed by atoms with Crippen molar-refractivity contribution in [2.75, 3.05) is 6.54 Å². The van der Waals surface area contributed by atoms with Crippen LogP contribution in [0.1, 0.15) is 20.3 Å². The second-order valence-electron chi connectivity index (χ2n) is 4.65. The van der Waals surface area contributed by atoms with E-state index in [1.807, 2.05) is 12.1 Å². The van der Waals surface area contributed by atoms with E-state index in [9.17, 15) is 0 Å². The summed E-state index contributed by atoms with van der Waals surface area (Å²) in [5.41, 5.74) is 1.15. The van der Waals surface area contributed by atoms with E-state index in [0.29, 0.717) is 6.04 Å². The third-order valence-corrected chi connectivity index (χ3v) is 3.17. The van der Waals surface area contributed by atoms with Gasteiger partial charge in [-0.3, -0.25) is 0 Å². The van der Waals surface area contributed by atoms with E-state index >= 15 is 0 Å². The number of para-hydroxylation sites is 1. The van der Waals surface area contributed by atoms with Crippen molar-refractivity contribution in [1.82, 2.24) is 9.88 Å². The number of halogens is 1. The van der Waals surface area contributed by atoms with Gasteiger partial charge in [-0.25, -0.2) is 0 Å². The van der Waals surface area contributed by atoms with Crippen molar-refractivity contribution in [3.8, 4) is 0 Å². The Morgan fingerprint density at radius 2 is 2.12 bits per heavy atom. The second kappa shape index (κ2) is 5.56. The summed E-state index contributed by atoms with van der Waals surface area (Å²) in [6, 6.07) is 8.73. The van der Waals surface area contributed by atoms with E-state index in [1.165, 1.54) is 5.39 Å². The molecule has 0 aliphatic carbocycles. The summed E-state index contributed by atoms with van der Waals surface area (Å²) in [5.74, 6) is 0. The van der Waals surface area contributed by atoms with Gasteiger partial charge in [-0.15, -0.1) is 0 Å². The zero-order chi connectivity index (χ0) is 12.3. The summed E-state index contributed by atoms with van der Waals surface area (Å²) in [6.45, 7) is 6.39. The molecule has 0 aliphatic heterocycles. The fraction of sp³-hybridized carbons (Fsp3) is 0.429. The molecular formula is C14H19ClN2. The lowest BCUT2D eigenvalue weighted by Crippen LogP contribution is -2.24. The number of aromatic nitrogens is 1. The molecule has 1 aromatic heterocycles. The number of aryl methyl sites for hydroxylation is 1. The van der Waals surface area contributed by atoms with Gasteiger partial charge in [0.2, 0.25) is 0 Å². The van der Waals surface area contributed by atoms with Crippen molar-refractivity contribution in [3.05, 3.63) is 35.5 Å². The van der Waals surface area contributed by atoms with Crippen LogP contribution in [0.25, 0.3) is 10.9 Å². The van der Waals surface area contributed by atoms with Crippen molar-refractivity contribution in [2.24, 2.45) is 0 Å². The zero-order valence-electron chi connectivity index (χ0n) is 10.4. The molecule has 1 N–H and O–H groups in total.